The highest BCUT2D eigenvalue weighted by Crippen LogP contribution is 2.33. The number of rotatable bonds is 0. The molecule has 0 atom stereocenters. The molecule has 0 fully saturated rings. The van der Waals surface area contributed by atoms with E-state index in [2.05, 4.69) is 38.1 Å². The van der Waals surface area contributed by atoms with E-state index in [4.69, 9.17) is 11.2 Å². The third-order valence-electron chi connectivity index (χ3n) is 3.02. The summed E-state index contributed by atoms with van der Waals surface area (Å²) in [5.74, 6) is 3.65. The second-order valence-electron chi connectivity index (χ2n) is 5.42. The first kappa shape index (κ1) is 12.0. The molecular formula is C15H19NO. The summed E-state index contributed by atoms with van der Waals surface area (Å²) in [6.45, 7) is 9.04. The predicted octanol–water partition coefficient (Wildman–Crippen LogP) is 2.45. The highest BCUT2D eigenvalue weighted by molar-refractivity contribution is 5.51. The maximum absolute atomic E-state index is 5.77. The maximum atomic E-state index is 5.77. The first-order chi connectivity index (χ1) is 8.02. The summed E-state index contributed by atoms with van der Waals surface area (Å²) in [7, 11) is 0. The highest BCUT2D eigenvalue weighted by atomic mass is 16.5. The van der Waals surface area contributed by atoms with E-state index in [-0.39, 0.29) is 5.41 Å². The summed E-state index contributed by atoms with van der Waals surface area (Å²) in [4.78, 5) is 0. The van der Waals surface area contributed by atoms with Crippen molar-refractivity contribution in [2.75, 3.05) is 13.2 Å². The number of hydrogen-bond donors (Lipinski definition) is 1. The summed E-state index contributed by atoms with van der Waals surface area (Å²) in [5.41, 5.74) is 3.49. The van der Waals surface area contributed by atoms with Crippen molar-refractivity contribution in [3.05, 3.63) is 28.8 Å². The molecule has 1 aromatic rings. The molecule has 0 aliphatic carbocycles. The zero-order valence-electron chi connectivity index (χ0n) is 10.8. The van der Waals surface area contributed by atoms with Crippen LogP contribution in [0.3, 0.4) is 0 Å². The summed E-state index contributed by atoms with van der Waals surface area (Å²) in [5, 5.41) is 3.38. The Kier molecular flexibility index (Phi) is 3.13. The van der Waals surface area contributed by atoms with Crippen LogP contribution in [0.4, 0.5) is 0 Å². The molecule has 0 radical (unpaired) electrons. The lowest BCUT2D eigenvalue weighted by molar-refractivity contribution is 0.325. The van der Waals surface area contributed by atoms with Gasteiger partial charge in [0.2, 0.25) is 0 Å². The Hall–Kier alpha value is -1.46. The van der Waals surface area contributed by atoms with Crippen molar-refractivity contribution in [2.24, 2.45) is 0 Å². The Labute approximate surface area is 103 Å². The first-order valence-corrected chi connectivity index (χ1v) is 6.00. The molecule has 0 spiro atoms. The van der Waals surface area contributed by atoms with Crippen molar-refractivity contribution in [1.82, 2.24) is 5.32 Å². The van der Waals surface area contributed by atoms with Crippen LogP contribution < -0.4 is 10.1 Å². The van der Waals surface area contributed by atoms with Crippen molar-refractivity contribution >= 4 is 0 Å². The molecule has 0 unspecified atom stereocenters. The zero-order chi connectivity index (χ0) is 12.5. The van der Waals surface area contributed by atoms with Crippen molar-refractivity contribution < 1.29 is 4.74 Å². The van der Waals surface area contributed by atoms with Crippen molar-refractivity contribution in [1.29, 1.82) is 0 Å². The van der Waals surface area contributed by atoms with Gasteiger partial charge in [-0.3, -0.25) is 0 Å². The lowest BCUT2D eigenvalue weighted by Crippen LogP contribution is -2.19. The molecule has 1 N–H and O–H groups in total. The van der Waals surface area contributed by atoms with E-state index in [0.29, 0.717) is 6.61 Å². The Morgan fingerprint density at radius 3 is 2.76 bits per heavy atom. The number of benzene rings is 1. The molecule has 1 aliphatic rings. The fraction of sp³-hybridized carbons (Fsp3) is 0.467. The smallest absolute Gasteiger partial charge is 0.125 e. The van der Waals surface area contributed by atoms with Crippen molar-refractivity contribution in [3.63, 3.8) is 0 Å². The predicted molar refractivity (Wildman–Crippen MR) is 70.3 cm³/mol. The Balaban J connectivity index is 2.61. The SMILES string of the molecule is C#Cc1cc2c(c(C(C)(C)C)c1)CNCCO2. The van der Waals surface area contributed by atoms with E-state index >= 15 is 0 Å². The Morgan fingerprint density at radius 1 is 1.35 bits per heavy atom. The van der Waals surface area contributed by atoms with Gasteiger partial charge in [0.05, 0.1) is 0 Å². The van der Waals surface area contributed by atoms with Crippen LogP contribution in [-0.2, 0) is 12.0 Å². The molecule has 0 amide bonds. The standard InChI is InChI=1S/C15H19NO/c1-5-11-8-13(15(2,3)4)12-10-16-6-7-17-14(12)9-11/h1,8-9,16H,6-7,10H2,2-4H3. The van der Waals surface area contributed by atoms with Gasteiger partial charge in [-0.25, -0.2) is 0 Å². The molecule has 17 heavy (non-hydrogen) atoms. The molecule has 0 saturated heterocycles. The average molecular weight is 229 g/mol. The fourth-order valence-electron chi connectivity index (χ4n) is 2.16. The molecule has 0 aromatic heterocycles. The number of fused-ring (bicyclic) bond motifs is 1. The second kappa shape index (κ2) is 4.43. The van der Waals surface area contributed by atoms with Crippen LogP contribution in [-0.4, -0.2) is 13.2 Å². The minimum Gasteiger partial charge on any atom is -0.492 e. The van der Waals surface area contributed by atoms with Gasteiger partial charge in [-0.15, -0.1) is 6.42 Å². The van der Waals surface area contributed by atoms with Gasteiger partial charge < -0.3 is 10.1 Å². The molecule has 2 heteroatoms. The van der Waals surface area contributed by atoms with Crippen LogP contribution in [0.15, 0.2) is 12.1 Å². The molecule has 0 bridgehead atoms. The second-order valence-corrected chi connectivity index (χ2v) is 5.42. The van der Waals surface area contributed by atoms with Crippen LogP contribution in [0.25, 0.3) is 0 Å². The van der Waals surface area contributed by atoms with Gasteiger partial charge in [0, 0.05) is 24.2 Å². The number of hydrogen-bond acceptors (Lipinski definition) is 2. The van der Waals surface area contributed by atoms with Gasteiger partial charge in [0.15, 0.2) is 0 Å². The summed E-state index contributed by atoms with van der Waals surface area (Å²) in [6.07, 6.45) is 5.51. The molecule has 2 nitrogen and oxygen atoms in total. The average Bonchev–Trinajstić information content (AvgIpc) is 2.50. The number of terminal acetylenes is 1. The van der Waals surface area contributed by atoms with Crippen LogP contribution in [0.1, 0.15) is 37.5 Å². The van der Waals surface area contributed by atoms with Crippen LogP contribution >= 0.6 is 0 Å². The van der Waals surface area contributed by atoms with E-state index < -0.39 is 0 Å². The van der Waals surface area contributed by atoms with Gasteiger partial charge >= 0.3 is 0 Å². The first-order valence-electron chi connectivity index (χ1n) is 6.00. The van der Waals surface area contributed by atoms with E-state index in [1.54, 1.807) is 0 Å². The molecule has 90 valence electrons. The van der Waals surface area contributed by atoms with Crippen molar-refractivity contribution in [2.45, 2.75) is 32.7 Å². The minimum atomic E-state index is 0.0757. The lowest BCUT2D eigenvalue weighted by Gasteiger charge is -2.24. The van der Waals surface area contributed by atoms with Crippen LogP contribution in [0, 0.1) is 12.3 Å². The topological polar surface area (TPSA) is 21.3 Å². The van der Waals surface area contributed by atoms with Gasteiger partial charge in [-0.1, -0.05) is 26.7 Å². The molecule has 1 aliphatic heterocycles. The highest BCUT2D eigenvalue weighted by Gasteiger charge is 2.22. The quantitative estimate of drug-likeness (QED) is 0.690. The summed E-state index contributed by atoms with van der Waals surface area (Å²) in [6, 6.07) is 4.08. The Morgan fingerprint density at radius 2 is 2.12 bits per heavy atom. The fourth-order valence-corrected chi connectivity index (χ4v) is 2.16. The van der Waals surface area contributed by atoms with Crippen molar-refractivity contribution in [3.8, 4) is 18.1 Å². The molecule has 1 heterocycles. The van der Waals surface area contributed by atoms with Gasteiger partial charge in [0.1, 0.15) is 12.4 Å². The van der Waals surface area contributed by atoms with E-state index in [1.165, 1.54) is 11.1 Å². The van der Waals surface area contributed by atoms with Gasteiger partial charge in [0.25, 0.3) is 0 Å². The largest absolute Gasteiger partial charge is 0.492 e. The van der Waals surface area contributed by atoms with Gasteiger partial charge in [-0.05, 0) is 23.1 Å². The third kappa shape index (κ3) is 2.45. The van der Waals surface area contributed by atoms with E-state index in [9.17, 15) is 0 Å². The van der Waals surface area contributed by atoms with E-state index in [1.807, 2.05) is 6.07 Å². The van der Waals surface area contributed by atoms with Gasteiger partial charge in [-0.2, -0.15) is 0 Å². The molecular weight excluding hydrogens is 210 g/mol. The van der Waals surface area contributed by atoms with E-state index in [0.717, 1.165) is 24.4 Å². The summed E-state index contributed by atoms with van der Waals surface area (Å²) < 4.78 is 5.77. The maximum Gasteiger partial charge on any atom is 0.125 e. The molecule has 1 aromatic carbocycles. The minimum absolute atomic E-state index is 0.0757. The summed E-state index contributed by atoms with van der Waals surface area (Å²) >= 11 is 0. The molecule has 2 rings (SSSR count). The monoisotopic (exact) mass is 229 g/mol. The lowest BCUT2D eigenvalue weighted by atomic mass is 9.82. The van der Waals surface area contributed by atoms with Crippen LogP contribution in [0.5, 0.6) is 5.75 Å². The zero-order valence-corrected chi connectivity index (χ0v) is 10.8. The number of nitrogens with one attached hydrogen (secondary N) is 1. The normalized spacial score (nSPS) is 15.4. The number of ether oxygens (including phenoxy) is 1. The molecule has 0 saturated carbocycles. The van der Waals surface area contributed by atoms with Crippen LogP contribution in [0.2, 0.25) is 0 Å². The third-order valence-corrected chi connectivity index (χ3v) is 3.02. The Bertz CT molecular complexity index is 463.